The smallest absolute Gasteiger partial charge is 0.306 e. The van der Waals surface area contributed by atoms with E-state index < -0.39 is 0 Å². The quantitative estimate of drug-likeness (QED) is 0.601. The Morgan fingerprint density at radius 2 is 2.09 bits per heavy atom. The Morgan fingerprint density at radius 3 is 2.68 bits per heavy atom. The second-order valence-electron chi connectivity index (χ2n) is 5.82. The van der Waals surface area contributed by atoms with Crippen molar-refractivity contribution < 1.29 is 14.3 Å². The first-order chi connectivity index (χ1) is 10.5. The number of ether oxygens (including phenoxy) is 1. The zero-order chi connectivity index (χ0) is 16.3. The van der Waals surface area contributed by atoms with Crippen LogP contribution < -0.4 is 0 Å². The average Bonchev–Trinajstić information content (AvgIpc) is 2.82. The van der Waals surface area contributed by atoms with E-state index in [1.807, 2.05) is 13.0 Å². The molecule has 0 saturated heterocycles. The molecule has 0 atom stereocenters. The number of esters is 1. The summed E-state index contributed by atoms with van der Waals surface area (Å²) in [5.41, 5.74) is 3.83. The monoisotopic (exact) mass is 301 g/mol. The van der Waals surface area contributed by atoms with Crippen molar-refractivity contribution in [1.29, 1.82) is 0 Å². The van der Waals surface area contributed by atoms with E-state index in [0.29, 0.717) is 31.1 Å². The van der Waals surface area contributed by atoms with Gasteiger partial charge in [0.15, 0.2) is 6.29 Å². The number of benzene rings is 1. The summed E-state index contributed by atoms with van der Waals surface area (Å²) in [5, 5.41) is 1.00. The van der Waals surface area contributed by atoms with Crippen LogP contribution in [-0.4, -0.2) is 23.4 Å². The zero-order valence-electron chi connectivity index (χ0n) is 13.7. The van der Waals surface area contributed by atoms with Crippen LogP contribution in [0, 0.1) is 6.92 Å². The van der Waals surface area contributed by atoms with Crippen molar-refractivity contribution in [3.63, 3.8) is 0 Å². The lowest BCUT2D eigenvalue weighted by Gasteiger charge is -2.11. The molecule has 0 aliphatic heterocycles. The van der Waals surface area contributed by atoms with E-state index in [2.05, 4.69) is 30.7 Å². The molecule has 118 valence electrons. The number of aryl methyl sites for hydroxylation is 2. The molecule has 2 aromatic rings. The van der Waals surface area contributed by atoms with Crippen LogP contribution >= 0.6 is 0 Å². The Balaban J connectivity index is 2.42. The molecule has 1 aromatic carbocycles. The number of aromatic nitrogens is 1. The average molecular weight is 301 g/mol. The van der Waals surface area contributed by atoms with Gasteiger partial charge in [0, 0.05) is 35.1 Å². The zero-order valence-corrected chi connectivity index (χ0v) is 13.7. The van der Waals surface area contributed by atoms with E-state index in [0.717, 1.165) is 28.3 Å². The van der Waals surface area contributed by atoms with Gasteiger partial charge in [-0.15, -0.1) is 0 Å². The van der Waals surface area contributed by atoms with Crippen LogP contribution in [0.15, 0.2) is 18.3 Å². The third-order valence-corrected chi connectivity index (χ3v) is 3.82. The highest BCUT2D eigenvalue weighted by Crippen LogP contribution is 2.28. The van der Waals surface area contributed by atoms with Gasteiger partial charge in [0.2, 0.25) is 0 Å². The SMILES string of the molecule is CCOC(=O)CCc1cc(C=O)c2c(C)cn(C(C)C)c2c1. The standard InChI is InChI=1S/C18H23NO3/c1-5-22-17(21)7-6-14-8-15(11-20)18-13(4)10-19(12(2)3)16(18)9-14/h8-12H,5-7H2,1-4H3. The van der Waals surface area contributed by atoms with Crippen molar-refractivity contribution >= 4 is 23.2 Å². The number of carbonyl (C=O) groups is 2. The summed E-state index contributed by atoms with van der Waals surface area (Å²) < 4.78 is 7.13. The third kappa shape index (κ3) is 3.21. The molecule has 0 aliphatic rings. The number of nitrogens with zero attached hydrogens (tertiary/aromatic N) is 1. The molecule has 0 N–H and O–H groups in total. The van der Waals surface area contributed by atoms with E-state index in [9.17, 15) is 9.59 Å². The first-order valence-electron chi connectivity index (χ1n) is 7.72. The van der Waals surface area contributed by atoms with Crippen LogP contribution in [0.3, 0.4) is 0 Å². The summed E-state index contributed by atoms with van der Waals surface area (Å²) in [6.07, 6.45) is 3.89. The molecule has 1 heterocycles. The van der Waals surface area contributed by atoms with Crippen LogP contribution in [-0.2, 0) is 16.0 Å². The van der Waals surface area contributed by atoms with Crippen LogP contribution in [0.5, 0.6) is 0 Å². The van der Waals surface area contributed by atoms with Gasteiger partial charge in [-0.1, -0.05) is 0 Å². The minimum atomic E-state index is -0.203. The maximum atomic E-state index is 11.5. The summed E-state index contributed by atoms with van der Waals surface area (Å²) in [7, 11) is 0. The predicted molar refractivity (Wildman–Crippen MR) is 87.4 cm³/mol. The summed E-state index contributed by atoms with van der Waals surface area (Å²) in [4.78, 5) is 23.0. The van der Waals surface area contributed by atoms with Crippen LogP contribution in [0.2, 0.25) is 0 Å². The Kier molecular flexibility index (Phi) is 5.01. The second-order valence-corrected chi connectivity index (χ2v) is 5.82. The summed E-state index contributed by atoms with van der Waals surface area (Å²) >= 11 is 0. The Morgan fingerprint density at radius 1 is 1.36 bits per heavy atom. The van der Waals surface area contributed by atoms with Gasteiger partial charge in [-0.25, -0.2) is 0 Å². The molecule has 0 unspecified atom stereocenters. The summed E-state index contributed by atoms with van der Waals surface area (Å²) in [6.45, 7) is 8.45. The van der Waals surface area contributed by atoms with Crippen molar-refractivity contribution in [3.8, 4) is 0 Å². The number of carbonyl (C=O) groups excluding carboxylic acids is 2. The number of rotatable bonds is 6. The summed E-state index contributed by atoms with van der Waals surface area (Å²) in [5.74, 6) is -0.203. The molecule has 0 spiro atoms. The molecule has 1 aromatic heterocycles. The van der Waals surface area contributed by atoms with Gasteiger partial charge in [-0.05, 0) is 57.4 Å². The molecule has 22 heavy (non-hydrogen) atoms. The molecule has 0 aliphatic carbocycles. The fourth-order valence-corrected chi connectivity index (χ4v) is 2.83. The molecule has 0 amide bonds. The van der Waals surface area contributed by atoms with Crippen molar-refractivity contribution in [3.05, 3.63) is 35.0 Å². The molecular weight excluding hydrogens is 278 g/mol. The van der Waals surface area contributed by atoms with E-state index in [4.69, 9.17) is 4.74 Å². The lowest BCUT2D eigenvalue weighted by molar-refractivity contribution is -0.143. The van der Waals surface area contributed by atoms with E-state index in [1.54, 1.807) is 6.92 Å². The minimum absolute atomic E-state index is 0.203. The fraction of sp³-hybridized carbons (Fsp3) is 0.444. The largest absolute Gasteiger partial charge is 0.466 e. The molecule has 2 rings (SSSR count). The molecular formula is C18H23NO3. The first kappa shape index (κ1) is 16.3. The van der Waals surface area contributed by atoms with Crippen molar-refractivity contribution in [2.45, 2.75) is 46.6 Å². The van der Waals surface area contributed by atoms with Gasteiger partial charge in [0.05, 0.1) is 6.61 Å². The first-order valence-corrected chi connectivity index (χ1v) is 7.72. The van der Waals surface area contributed by atoms with Crippen LogP contribution in [0.4, 0.5) is 0 Å². The van der Waals surface area contributed by atoms with E-state index >= 15 is 0 Å². The number of hydrogen-bond donors (Lipinski definition) is 0. The topological polar surface area (TPSA) is 48.3 Å². The third-order valence-electron chi connectivity index (χ3n) is 3.82. The van der Waals surface area contributed by atoms with Gasteiger partial charge in [-0.2, -0.15) is 0 Å². The highest BCUT2D eigenvalue weighted by Gasteiger charge is 2.14. The van der Waals surface area contributed by atoms with Crippen LogP contribution in [0.1, 0.15) is 54.7 Å². The number of hydrogen-bond acceptors (Lipinski definition) is 3. The van der Waals surface area contributed by atoms with E-state index in [-0.39, 0.29) is 5.97 Å². The molecule has 4 heteroatoms. The van der Waals surface area contributed by atoms with Gasteiger partial charge < -0.3 is 9.30 Å². The van der Waals surface area contributed by atoms with Crippen molar-refractivity contribution in [2.75, 3.05) is 6.61 Å². The predicted octanol–water partition coefficient (Wildman–Crippen LogP) is 3.84. The minimum Gasteiger partial charge on any atom is -0.466 e. The molecule has 0 bridgehead atoms. The molecule has 0 saturated carbocycles. The van der Waals surface area contributed by atoms with Crippen molar-refractivity contribution in [1.82, 2.24) is 4.57 Å². The van der Waals surface area contributed by atoms with Gasteiger partial charge >= 0.3 is 5.97 Å². The Labute approximate surface area is 131 Å². The Hall–Kier alpha value is -2.10. The summed E-state index contributed by atoms with van der Waals surface area (Å²) in [6, 6.07) is 4.27. The number of aldehydes is 1. The second kappa shape index (κ2) is 6.77. The lowest BCUT2D eigenvalue weighted by Crippen LogP contribution is -2.06. The maximum Gasteiger partial charge on any atom is 0.306 e. The maximum absolute atomic E-state index is 11.5. The normalized spacial score (nSPS) is 11.1. The van der Waals surface area contributed by atoms with Gasteiger partial charge in [0.1, 0.15) is 0 Å². The van der Waals surface area contributed by atoms with Gasteiger partial charge in [0.25, 0.3) is 0 Å². The fourth-order valence-electron chi connectivity index (χ4n) is 2.83. The lowest BCUT2D eigenvalue weighted by atomic mass is 10.0. The van der Waals surface area contributed by atoms with E-state index in [1.165, 1.54) is 0 Å². The highest BCUT2D eigenvalue weighted by atomic mass is 16.5. The molecule has 4 nitrogen and oxygen atoms in total. The van der Waals surface area contributed by atoms with Crippen molar-refractivity contribution in [2.24, 2.45) is 0 Å². The Bertz CT molecular complexity index is 698. The molecule has 0 radical (unpaired) electrons. The van der Waals surface area contributed by atoms with Gasteiger partial charge in [-0.3, -0.25) is 9.59 Å². The molecule has 0 fully saturated rings. The van der Waals surface area contributed by atoms with Crippen LogP contribution in [0.25, 0.3) is 10.9 Å². The highest BCUT2D eigenvalue weighted by molar-refractivity contribution is 5.99. The number of fused-ring (bicyclic) bond motifs is 1.